The van der Waals surface area contributed by atoms with Crippen LogP contribution in [0.2, 0.25) is 0 Å². The highest BCUT2D eigenvalue weighted by molar-refractivity contribution is 7.98. The highest BCUT2D eigenvalue weighted by Gasteiger charge is 2.46. The van der Waals surface area contributed by atoms with E-state index >= 15 is 0 Å². The van der Waals surface area contributed by atoms with Crippen LogP contribution in [-0.4, -0.2) is 39.7 Å². The van der Waals surface area contributed by atoms with Crippen LogP contribution in [0.15, 0.2) is 40.0 Å². The molecule has 0 radical (unpaired) electrons. The van der Waals surface area contributed by atoms with E-state index < -0.39 is 5.92 Å². The first-order valence-corrected chi connectivity index (χ1v) is 15.1. The van der Waals surface area contributed by atoms with Crippen LogP contribution < -0.4 is 16.2 Å². The number of hydrogen-bond donors (Lipinski definition) is 3. The molecule has 2 aromatic heterocycles. The molecular formula is C30H38F2N4O2S. The summed E-state index contributed by atoms with van der Waals surface area (Å²) < 4.78 is 28.8. The molecule has 0 aliphatic heterocycles. The minimum atomic E-state index is -2.49. The lowest BCUT2D eigenvalue weighted by molar-refractivity contribution is -0.115. The minimum absolute atomic E-state index is 0.00419. The zero-order valence-electron chi connectivity index (χ0n) is 23.1. The molecule has 39 heavy (non-hydrogen) atoms. The fourth-order valence-electron chi connectivity index (χ4n) is 6.55. The largest absolute Gasteiger partial charge is 0.340 e. The van der Waals surface area contributed by atoms with Crippen LogP contribution in [0.1, 0.15) is 68.4 Å². The second-order valence-electron chi connectivity index (χ2n) is 11.4. The first-order valence-electron chi connectivity index (χ1n) is 13.9. The molecule has 3 N–H and O–H groups in total. The van der Waals surface area contributed by atoms with Crippen molar-refractivity contribution in [3.8, 4) is 0 Å². The van der Waals surface area contributed by atoms with E-state index in [9.17, 15) is 18.4 Å². The van der Waals surface area contributed by atoms with E-state index in [0.717, 1.165) is 58.6 Å². The number of thioether (sulfide) groups is 1. The maximum absolute atomic E-state index is 13.2. The Morgan fingerprint density at radius 1 is 1.15 bits per heavy atom. The Kier molecular flexibility index (Phi) is 7.93. The number of carbonyl (C=O) groups excluding carboxylic acids is 1. The van der Waals surface area contributed by atoms with Crippen LogP contribution in [0.25, 0.3) is 10.9 Å². The van der Waals surface area contributed by atoms with Gasteiger partial charge in [0.25, 0.3) is 11.5 Å². The van der Waals surface area contributed by atoms with Gasteiger partial charge in [-0.25, -0.2) is 8.78 Å². The first kappa shape index (κ1) is 27.9. The number of halogens is 2. The van der Waals surface area contributed by atoms with Gasteiger partial charge >= 0.3 is 0 Å². The number of alkyl halides is 2. The van der Waals surface area contributed by atoms with Gasteiger partial charge in [0.2, 0.25) is 5.91 Å². The topological polar surface area (TPSA) is 78.9 Å². The molecule has 0 spiro atoms. The summed E-state index contributed by atoms with van der Waals surface area (Å²) in [4.78, 5) is 29.4. The van der Waals surface area contributed by atoms with Crippen molar-refractivity contribution >= 4 is 34.3 Å². The van der Waals surface area contributed by atoms with Crippen molar-refractivity contribution in [3.63, 3.8) is 0 Å². The lowest BCUT2D eigenvalue weighted by Gasteiger charge is -2.41. The highest BCUT2D eigenvalue weighted by atomic mass is 32.2. The van der Waals surface area contributed by atoms with Crippen molar-refractivity contribution < 1.29 is 13.6 Å². The summed E-state index contributed by atoms with van der Waals surface area (Å²) in [5.74, 6) is -2.25. The van der Waals surface area contributed by atoms with Crippen LogP contribution in [0.3, 0.4) is 0 Å². The van der Waals surface area contributed by atoms with Crippen molar-refractivity contribution in [1.29, 1.82) is 0 Å². The van der Waals surface area contributed by atoms with Crippen LogP contribution >= 0.6 is 11.8 Å². The molecule has 210 valence electrons. The molecule has 2 aliphatic rings. The number of para-hydroxylation sites is 1. The predicted molar refractivity (Wildman–Crippen MR) is 154 cm³/mol. The zero-order valence-corrected chi connectivity index (χ0v) is 23.9. The summed E-state index contributed by atoms with van der Waals surface area (Å²) in [7, 11) is 0. The van der Waals surface area contributed by atoms with Crippen molar-refractivity contribution in [3.05, 3.63) is 57.6 Å². The van der Waals surface area contributed by atoms with Gasteiger partial charge in [-0.3, -0.25) is 9.59 Å². The summed E-state index contributed by atoms with van der Waals surface area (Å²) in [6.45, 7) is 6.12. The van der Waals surface area contributed by atoms with Gasteiger partial charge in [-0.1, -0.05) is 18.2 Å². The number of aromatic amines is 1. The number of nitrogens with one attached hydrogen (secondary N) is 3. The lowest BCUT2D eigenvalue weighted by Crippen LogP contribution is -2.52. The van der Waals surface area contributed by atoms with Gasteiger partial charge in [0.05, 0.1) is 17.6 Å². The van der Waals surface area contributed by atoms with E-state index in [1.165, 1.54) is 11.8 Å². The number of pyridine rings is 1. The average Bonchev–Trinajstić information content (AvgIpc) is 3.15. The Hall–Kier alpha value is -2.65. The number of aromatic nitrogens is 2. The fourth-order valence-corrected chi connectivity index (χ4v) is 7.25. The monoisotopic (exact) mass is 556 g/mol. The molecule has 1 amide bonds. The Labute approximate surface area is 232 Å². The number of amides is 1. The molecule has 2 aliphatic carbocycles. The lowest BCUT2D eigenvalue weighted by atomic mass is 9.80. The first-order chi connectivity index (χ1) is 18.6. The van der Waals surface area contributed by atoms with Gasteiger partial charge in [0, 0.05) is 58.2 Å². The molecule has 9 heteroatoms. The molecule has 2 saturated carbocycles. The molecule has 3 aromatic rings. The van der Waals surface area contributed by atoms with E-state index in [4.69, 9.17) is 0 Å². The molecular weight excluding hydrogens is 518 g/mol. The maximum Gasteiger partial charge on any atom is 0.252 e. The van der Waals surface area contributed by atoms with E-state index in [1.807, 2.05) is 44.4 Å². The van der Waals surface area contributed by atoms with Gasteiger partial charge < -0.3 is 20.2 Å². The maximum atomic E-state index is 13.2. The molecule has 2 fully saturated rings. The van der Waals surface area contributed by atoms with Crippen LogP contribution in [0, 0.1) is 19.8 Å². The Morgan fingerprint density at radius 3 is 2.51 bits per heavy atom. The highest BCUT2D eigenvalue weighted by Crippen LogP contribution is 2.41. The zero-order chi connectivity index (χ0) is 27.9. The number of nitrogens with zero attached hydrogens (tertiary/aromatic N) is 1. The number of carbonyl (C=O) groups is 1. The SMILES string of the molecule is CSc1cc(C)[nH]c(=O)c1CC(=O)Nc1c(C)n([C@H](C)C2CCC(NC3CC(F)(F)C3)CC2)c2ccccc12. The fraction of sp³-hybridized carbons (Fsp3) is 0.533. The van der Waals surface area contributed by atoms with Crippen LogP contribution in [0.4, 0.5) is 14.5 Å². The third kappa shape index (κ3) is 5.80. The van der Waals surface area contributed by atoms with Gasteiger partial charge in [-0.2, -0.15) is 0 Å². The van der Waals surface area contributed by atoms with Gasteiger partial charge in [-0.05, 0) is 70.8 Å². The molecule has 0 bridgehead atoms. The number of aryl methyl sites for hydroxylation is 1. The Morgan fingerprint density at radius 2 is 1.85 bits per heavy atom. The predicted octanol–water partition coefficient (Wildman–Crippen LogP) is 6.36. The number of hydrogen-bond acceptors (Lipinski definition) is 4. The third-order valence-corrected chi connectivity index (χ3v) is 9.43. The molecule has 1 aromatic carbocycles. The van der Waals surface area contributed by atoms with Crippen LogP contribution in [0.5, 0.6) is 0 Å². The second-order valence-corrected chi connectivity index (χ2v) is 12.2. The van der Waals surface area contributed by atoms with Gasteiger partial charge in [0.1, 0.15) is 0 Å². The number of rotatable bonds is 8. The van der Waals surface area contributed by atoms with Gasteiger partial charge in [-0.15, -0.1) is 11.8 Å². The van der Waals surface area contributed by atoms with E-state index in [2.05, 4.69) is 33.2 Å². The molecule has 1 atom stereocenters. The van der Waals surface area contributed by atoms with Crippen LogP contribution in [-0.2, 0) is 11.2 Å². The summed E-state index contributed by atoms with van der Waals surface area (Å²) in [6, 6.07) is 10.5. The summed E-state index contributed by atoms with van der Waals surface area (Å²) in [5.41, 5.74) is 3.90. The van der Waals surface area contributed by atoms with E-state index in [0.29, 0.717) is 17.5 Å². The van der Waals surface area contributed by atoms with Gasteiger partial charge in [0.15, 0.2) is 0 Å². The van der Waals surface area contributed by atoms with E-state index in [1.54, 1.807) is 0 Å². The van der Waals surface area contributed by atoms with Crippen molar-refractivity contribution in [2.75, 3.05) is 11.6 Å². The standard InChI is InChI=1S/C30H38F2N4O2S/c1-17-13-26(39-4)24(29(38)33-17)14-27(37)35-28-19(3)36(25-8-6-5-7-23(25)28)18(2)20-9-11-21(12-10-20)34-22-15-30(31,32)16-22/h5-8,13,18,20-22,34H,9-12,14-16H2,1-4H3,(H,33,38)(H,35,37)/t18-,20?,21?/m1/s1. The number of anilines is 1. The molecule has 0 unspecified atom stereocenters. The van der Waals surface area contributed by atoms with Crippen molar-refractivity contribution in [1.82, 2.24) is 14.9 Å². The average molecular weight is 557 g/mol. The quantitative estimate of drug-likeness (QED) is 0.282. The minimum Gasteiger partial charge on any atom is -0.340 e. The third-order valence-electron chi connectivity index (χ3n) is 8.63. The number of benzene rings is 1. The second kappa shape index (κ2) is 11.1. The normalized spacial score (nSPS) is 22.0. The summed E-state index contributed by atoms with van der Waals surface area (Å²) in [5, 5.41) is 7.57. The smallest absolute Gasteiger partial charge is 0.252 e. The number of fused-ring (bicyclic) bond motifs is 1. The molecule has 6 nitrogen and oxygen atoms in total. The molecule has 5 rings (SSSR count). The summed E-state index contributed by atoms with van der Waals surface area (Å²) in [6.07, 6.45) is 5.87. The number of H-pyrrole nitrogens is 1. The van der Waals surface area contributed by atoms with Crippen molar-refractivity contribution in [2.24, 2.45) is 5.92 Å². The Bertz CT molecular complexity index is 1420. The van der Waals surface area contributed by atoms with E-state index in [-0.39, 0.29) is 42.8 Å². The Balaban J connectivity index is 1.31. The summed E-state index contributed by atoms with van der Waals surface area (Å²) >= 11 is 1.47. The molecule has 0 saturated heterocycles. The van der Waals surface area contributed by atoms with Crippen molar-refractivity contribution in [2.45, 2.75) is 94.7 Å². The molecule has 2 heterocycles.